The summed E-state index contributed by atoms with van der Waals surface area (Å²) in [5.41, 5.74) is 4.67. The van der Waals surface area contributed by atoms with Crippen LogP contribution in [0.25, 0.3) is 53.5 Å². The Labute approximate surface area is 193 Å². The second-order valence-corrected chi connectivity index (χ2v) is 9.01. The number of benzene rings is 2. The molecule has 160 valence electrons. The Kier molecular flexibility index (Phi) is 4.55. The maximum Gasteiger partial charge on any atom is 0.356 e. The van der Waals surface area contributed by atoms with Crippen molar-refractivity contribution in [3.05, 3.63) is 78.0 Å². The fourth-order valence-electron chi connectivity index (χ4n) is 4.19. The van der Waals surface area contributed by atoms with E-state index < -0.39 is 5.97 Å². The third-order valence-electron chi connectivity index (χ3n) is 5.72. The monoisotopic (exact) mass is 449 g/mol. The van der Waals surface area contributed by atoms with Crippen LogP contribution in [0.3, 0.4) is 0 Å². The Bertz CT molecular complexity index is 1720. The maximum absolute atomic E-state index is 12.6. The average Bonchev–Trinajstić information content (AvgIpc) is 3.19. The van der Waals surface area contributed by atoms with Crippen molar-refractivity contribution in [2.45, 2.75) is 13.8 Å². The molecule has 0 fully saturated rings. The Balaban J connectivity index is 1.70. The van der Waals surface area contributed by atoms with Crippen LogP contribution in [0.2, 0.25) is 0 Å². The summed E-state index contributed by atoms with van der Waals surface area (Å²) in [7, 11) is 0. The van der Waals surface area contributed by atoms with E-state index in [1.165, 1.54) is 5.56 Å². The number of ether oxygens (including phenoxy) is 1. The molecule has 0 aliphatic carbocycles. The number of esters is 1. The first-order chi connectivity index (χ1) is 16.1. The van der Waals surface area contributed by atoms with E-state index in [0.29, 0.717) is 18.0 Å². The van der Waals surface area contributed by atoms with E-state index in [1.54, 1.807) is 24.3 Å². The Morgan fingerprint density at radius 3 is 2.64 bits per heavy atom. The van der Waals surface area contributed by atoms with Crippen molar-refractivity contribution >= 4 is 59.4 Å². The summed E-state index contributed by atoms with van der Waals surface area (Å²) in [6.07, 6.45) is 0. The third kappa shape index (κ3) is 3.31. The van der Waals surface area contributed by atoms with Crippen LogP contribution >= 0.6 is 11.3 Å². The standard InChI is InChI=1S/C27H19N3O2S/c1-3-32-27(31)22-14-23-24(18-13-17-12-15(2)8-10-20(17)30-26(18)33-23)25(29-22)21-11-9-16-6-4-5-7-19(16)28-21/h4-14H,3H2,1-2H3. The average molecular weight is 450 g/mol. The fourth-order valence-corrected chi connectivity index (χ4v) is 5.30. The van der Waals surface area contributed by atoms with Crippen molar-refractivity contribution in [2.75, 3.05) is 6.61 Å². The predicted octanol–water partition coefficient (Wildman–Crippen LogP) is 6.70. The number of fused-ring (bicyclic) bond motifs is 5. The second-order valence-electron chi connectivity index (χ2n) is 7.98. The van der Waals surface area contributed by atoms with Crippen LogP contribution in [0.4, 0.5) is 0 Å². The molecule has 0 atom stereocenters. The van der Waals surface area contributed by atoms with Gasteiger partial charge < -0.3 is 4.74 Å². The van der Waals surface area contributed by atoms with Crippen molar-refractivity contribution in [2.24, 2.45) is 0 Å². The summed E-state index contributed by atoms with van der Waals surface area (Å²) in [4.78, 5) is 28.1. The molecule has 0 bridgehead atoms. The van der Waals surface area contributed by atoms with Crippen LogP contribution in [0.1, 0.15) is 23.0 Å². The lowest BCUT2D eigenvalue weighted by molar-refractivity contribution is 0.0520. The molecule has 0 unspecified atom stereocenters. The molecule has 6 rings (SSSR count). The van der Waals surface area contributed by atoms with E-state index in [1.807, 2.05) is 42.5 Å². The number of aromatic nitrogens is 3. The largest absolute Gasteiger partial charge is 0.461 e. The van der Waals surface area contributed by atoms with Gasteiger partial charge in [-0.15, -0.1) is 11.3 Å². The molecule has 2 aromatic carbocycles. The minimum atomic E-state index is -0.437. The first-order valence-corrected chi connectivity index (χ1v) is 11.6. The van der Waals surface area contributed by atoms with Crippen LogP contribution < -0.4 is 0 Å². The van der Waals surface area contributed by atoms with Crippen molar-refractivity contribution in [1.29, 1.82) is 0 Å². The van der Waals surface area contributed by atoms with Crippen molar-refractivity contribution in [1.82, 2.24) is 15.0 Å². The van der Waals surface area contributed by atoms with Gasteiger partial charge in [0.2, 0.25) is 0 Å². The van der Waals surface area contributed by atoms with E-state index in [-0.39, 0.29) is 5.69 Å². The number of thiophene rings is 1. The molecule has 0 amide bonds. The van der Waals surface area contributed by atoms with E-state index in [4.69, 9.17) is 19.7 Å². The van der Waals surface area contributed by atoms with Crippen LogP contribution in [0.5, 0.6) is 0 Å². The summed E-state index contributed by atoms with van der Waals surface area (Å²) in [5.74, 6) is -0.437. The number of rotatable bonds is 3. The molecule has 4 heterocycles. The highest BCUT2D eigenvalue weighted by atomic mass is 32.1. The van der Waals surface area contributed by atoms with Gasteiger partial charge in [0.25, 0.3) is 0 Å². The maximum atomic E-state index is 12.6. The minimum absolute atomic E-state index is 0.279. The first-order valence-electron chi connectivity index (χ1n) is 10.8. The molecule has 6 heteroatoms. The summed E-state index contributed by atoms with van der Waals surface area (Å²) in [5, 5.41) is 4.11. The molecule has 6 aromatic rings. The van der Waals surface area contributed by atoms with Gasteiger partial charge in [0.05, 0.1) is 29.0 Å². The molecule has 0 aliphatic heterocycles. The van der Waals surface area contributed by atoms with Gasteiger partial charge in [-0.3, -0.25) is 0 Å². The lowest BCUT2D eigenvalue weighted by atomic mass is 10.1. The molecular weight excluding hydrogens is 430 g/mol. The van der Waals surface area contributed by atoms with E-state index in [2.05, 4.69) is 25.1 Å². The zero-order valence-electron chi connectivity index (χ0n) is 18.1. The van der Waals surface area contributed by atoms with Crippen LogP contribution in [-0.2, 0) is 4.74 Å². The number of carbonyl (C=O) groups is 1. The topological polar surface area (TPSA) is 65.0 Å². The summed E-state index contributed by atoms with van der Waals surface area (Å²) < 4.78 is 6.19. The highest BCUT2D eigenvalue weighted by molar-refractivity contribution is 7.25. The Hall–Kier alpha value is -3.90. The SMILES string of the molecule is CCOC(=O)c1cc2sc3nc4ccc(C)cc4cc3c2c(-c2ccc3ccccc3n2)n1. The lowest BCUT2D eigenvalue weighted by Crippen LogP contribution is -2.07. The van der Waals surface area contributed by atoms with Crippen LogP contribution in [0, 0.1) is 6.92 Å². The molecule has 33 heavy (non-hydrogen) atoms. The second kappa shape index (κ2) is 7.60. The fraction of sp³-hybridized carbons (Fsp3) is 0.111. The number of aryl methyl sites for hydroxylation is 1. The van der Waals surface area contributed by atoms with Crippen molar-refractivity contribution < 1.29 is 9.53 Å². The van der Waals surface area contributed by atoms with Gasteiger partial charge in [0, 0.05) is 26.2 Å². The molecule has 0 spiro atoms. The van der Waals surface area contributed by atoms with Gasteiger partial charge >= 0.3 is 5.97 Å². The number of pyridine rings is 3. The predicted molar refractivity (Wildman–Crippen MR) is 134 cm³/mol. The molecule has 0 saturated heterocycles. The number of para-hydroxylation sites is 1. The molecule has 5 nitrogen and oxygen atoms in total. The zero-order chi connectivity index (χ0) is 22.5. The smallest absolute Gasteiger partial charge is 0.356 e. The molecule has 0 N–H and O–H groups in total. The molecule has 0 saturated carbocycles. The summed E-state index contributed by atoms with van der Waals surface area (Å²) in [6.45, 7) is 4.16. The number of hydrogen-bond donors (Lipinski definition) is 0. The molecule has 0 radical (unpaired) electrons. The Morgan fingerprint density at radius 1 is 0.909 bits per heavy atom. The van der Waals surface area contributed by atoms with Crippen molar-refractivity contribution in [3.8, 4) is 11.4 Å². The van der Waals surface area contributed by atoms with Gasteiger partial charge in [-0.05, 0) is 50.2 Å². The highest BCUT2D eigenvalue weighted by Gasteiger charge is 2.20. The number of carbonyl (C=O) groups excluding carboxylic acids is 1. The van der Waals surface area contributed by atoms with E-state index in [9.17, 15) is 4.79 Å². The van der Waals surface area contributed by atoms with Crippen LogP contribution in [-0.4, -0.2) is 27.5 Å². The molecule has 4 aromatic heterocycles. The van der Waals surface area contributed by atoms with E-state index >= 15 is 0 Å². The first kappa shape index (κ1) is 19.8. The van der Waals surface area contributed by atoms with Gasteiger partial charge in [0.1, 0.15) is 4.83 Å². The van der Waals surface area contributed by atoms with Gasteiger partial charge in [0.15, 0.2) is 5.69 Å². The lowest BCUT2D eigenvalue weighted by Gasteiger charge is -2.08. The molecule has 0 aliphatic rings. The van der Waals surface area contributed by atoms with Crippen LogP contribution in [0.15, 0.2) is 66.7 Å². The zero-order valence-corrected chi connectivity index (χ0v) is 18.9. The third-order valence-corrected chi connectivity index (χ3v) is 6.77. The normalized spacial score (nSPS) is 11.6. The highest BCUT2D eigenvalue weighted by Crippen LogP contribution is 2.40. The minimum Gasteiger partial charge on any atom is -0.461 e. The number of hydrogen-bond acceptors (Lipinski definition) is 6. The van der Waals surface area contributed by atoms with Crippen molar-refractivity contribution in [3.63, 3.8) is 0 Å². The summed E-state index contributed by atoms with van der Waals surface area (Å²) in [6, 6.07) is 22.2. The Morgan fingerprint density at radius 2 is 1.76 bits per heavy atom. The summed E-state index contributed by atoms with van der Waals surface area (Å²) >= 11 is 1.56. The van der Waals surface area contributed by atoms with Gasteiger partial charge in [-0.2, -0.15) is 0 Å². The number of nitrogens with zero attached hydrogens (tertiary/aromatic N) is 3. The quantitative estimate of drug-likeness (QED) is 0.281. The van der Waals surface area contributed by atoms with Gasteiger partial charge in [-0.1, -0.05) is 35.9 Å². The van der Waals surface area contributed by atoms with E-state index in [0.717, 1.165) is 42.1 Å². The molecular formula is C27H19N3O2S. The van der Waals surface area contributed by atoms with Gasteiger partial charge in [-0.25, -0.2) is 19.7 Å².